The highest BCUT2D eigenvalue weighted by Gasteiger charge is 2.39. The largest absolute Gasteiger partial charge is 0.480 e. The maximum Gasteiger partial charge on any atom is 0.326 e. The predicted octanol–water partition coefficient (Wildman–Crippen LogP) is 0.228. The molecule has 2 N–H and O–H groups in total. The fraction of sp³-hybridized carbons (Fsp3) is 0.500. The van der Waals surface area contributed by atoms with E-state index in [9.17, 15) is 23.1 Å². The van der Waals surface area contributed by atoms with Crippen molar-refractivity contribution in [2.24, 2.45) is 0 Å². The molecule has 25 heavy (non-hydrogen) atoms. The van der Waals surface area contributed by atoms with Crippen molar-refractivity contribution in [3.05, 3.63) is 29.8 Å². The molecule has 1 aliphatic heterocycles. The first-order chi connectivity index (χ1) is 11.8. The number of ether oxygens (including phenoxy) is 1. The van der Waals surface area contributed by atoms with Crippen molar-refractivity contribution in [1.82, 2.24) is 9.62 Å². The van der Waals surface area contributed by atoms with Gasteiger partial charge in [-0.1, -0.05) is 12.1 Å². The highest BCUT2D eigenvalue weighted by molar-refractivity contribution is 7.89. The Morgan fingerprint density at radius 1 is 1.32 bits per heavy atom. The van der Waals surface area contributed by atoms with E-state index in [2.05, 4.69) is 4.72 Å². The average Bonchev–Trinajstić information content (AvgIpc) is 3.05. The summed E-state index contributed by atoms with van der Waals surface area (Å²) >= 11 is 0. The fourth-order valence-electron chi connectivity index (χ4n) is 2.83. The Morgan fingerprint density at radius 2 is 1.96 bits per heavy atom. The van der Waals surface area contributed by atoms with Gasteiger partial charge in [0, 0.05) is 26.5 Å². The van der Waals surface area contributed by atoms with Gasteiger partial charge in [0.1, 0.15) is 6.04 Å². The Balaban J connectivity index is 1.98. The molecule has 2 unspecified atom stereocenters. The third-order valence-electron chi connectivity index (χ3n) is 4.33. The number of carbonyl (C=O) groups is 2. The number of aliphatic carboxylic acids is 1. The Labute approximate surface area is 146 Å². The number of hydrogen-bond donors (Lipinski definition) is 2. The van der Waals surface area contributed by atoms with Gasteiger partial charge in [0.25, 0.3) is 0 Å². The molecule has 0 radical (unpaired) electrons. The summed E-state index contributed by atoms with van der Waals surface area (Å²) in [5.41, 5.74) is 0.803. The molecule has 1 aliphatic rings. The van der Waals surface area contributed by atoms with Gasteiger partial charge >= 0.3 is 5.97 Å². The van der Waals surface area contributed by atoms with E-state index in [1.807, 2.05) is 0 Å². The van der Waals surface area contributed by atoms with Gasteiger partial charge < -0.3 is 14.7 Å². The molecule has 0 saturated carbocycles. The number of nitrogens with one attached hydrogen (secondary N) is 1. The van der Waals surface area contributed by atoms with Crippen LogP contribution in [0.2, 0.25) is 0 Å². The molecule has 1 aromatic carbocycles. The summed E-state index contributed by atoms with van der Waals surface area (Å²) in [7, 11) is -0.654. The van der Waals surface area contributed by atoms with Gasteiger partial charge in [0.2, 0.25) is 15.9 Å². The Kier molecular flexibility index (Phi) is 6.15. The monoisotopic (exact) mass is 370 g/mol. The van der Waals surface area contributed by atoms with Crippen LogP contribution < -0.4 is 4.72 Å². The minimum Gasteiger partial charge on any atom is -0.480 e. The first-order valence-corrected chi connectivity index (χ1v) is 9.34. The molecule has 2 rings (SSSR count). The standard InChI is InChI=1S/C16H22N2O6S/c1-17-25(22,23)13-6-3-11(4-7-13)5-8-15(19)18-10-12(24-2)9-14(18)16(20)21/h3-4,6-7,12,14,17H,5,8-10H2,1-2H3,(H,20,21). The molecule has 9 heteroatoms. The zero-order valence-corrected chi connectivity index (χ0v) is 15.0. The summed E-state index contributed by atoms with van der Waals surface area (Å²) in [5.74, 6) is -1.28. The van der Waals surface area contributed by atoms with E-state index in [1.54, 1.807) is 12.1 Å². The Hall–Kier alpha value is -1.97. The molecule has 1 heterocycles. The number of likely N-dealkylation sites (tertiary alicyclic amines) is 1. The SMILES string of the molecule is CNS(=O)(=O)c1ccc(CCC(=O)N2CC(OC)CC2C(=O)O)cc1. The molecule has 1 fully saturated rings. The van der Waals surface area contributed by atoms with Gasteiger partial charge in [-0.2, -0.15) is 0 Å². The molecule has 1 saturated heterocycles. The first-order valence-electron chi connectivity index (χ1n) is 7.86. The van der Waals surface area contributed by atoms with Gasteiger partial charge in [-0.25, -0.2) is 17.9 Å². The van der Waals surface area contributed by atoms with Gasteiger partial charge in [0.15, 0.2) is 0 Å². The topological polar surface area (TPSA) is 113 Å². The summed E-state index contributed by atoms with van der Waals surface area (Å²) in [6.45, 7) is 0.269. The molecule has 1 aromatic rings. The second kappa shape index (κ2) is 7.94. The molecule has 8 nitrogen and oxygen atoms in total. The van der Waals surface area contributed by atoms with Crippen LogP contribution in [0.15, 0.2) is 29.2 Å². The fourth-order valence-corrected chi connectivity index (χ4v) is 3.56. The van der Waals surface area contributed by atoms with E-state index in [0.29, 0.717) is 6.42 Å². The highest BCUT2D eigenvalue weighted by Crippen LogP contribution is 2.22. The van der Waals surface area contributed by atoms with Crippen molar-refractivity contribution >= 4 is 21.9 Å². The van der Waals surface area contributed by atoms with Crippen LogP contribution >= 0.6 is 0 Å². The van der Waals surface area contributed by atoms with Crippen molar-refractivity contribution in [2.75, 3.05) is 20.7 Å². The van der Waals surface area contributed by atoms with Crippen LogP contribution in [0, 0.1) is 0 Å². The molecular formula is C16H22N2O6S. The van der Waals surface area contributed by atoms with Crippen molar-refractivity contribution in [3.63, 3.8) is 0 Å². The molecule has 0 spiro atoms. The van der Waals surface area contributed by atoms with Crippen molar-refractivity contribution in [3.8, 4) is 0 Å². The third-order valence-corrected chi connectivity index (χ3v) is 5.76. The van der Waals surface area contributed by atoms with Crippen molar-refractivity contribution in [1.29, 1.82) is 0 Å². The lowest BCUT2D eigenvalue weighted by molar-refractivity contribution is -0.148. The zero-order valence-electron chi connectivity index (χ0n) is 14.1. The number of rotatable bonds is 7. The van der Waals surface area contributed by atoms with Crippen LogP contribution in [0.25, 0.3) is 0 Å². The normalized spacial score (nSPS) is 20.6. The maximum absolute atomic E-state index is 12.4. The number of nitrogens with zero attached hydrogens (tertiary/aromatic N) is 1. The lowest BCUT2D eigenvalue weighted by atomic mass is 10.1. The number of amides is 1. The summed E-state index contributed by atoms with van der Waals surface area (Å²) in [6, 6.07) is 5.38. The van der Waals surface area contributed by atoms with E-state index < -0.39 is 22.0 Å². The minimum atomic E-state index is -3.49. The Morgan fingerprint density at radius 3 is 2.48 bits per heavy atom. The molecular weight excluding hydrogens is 348 g/mol. The van der Waals surface area contributed by atoms with Crippen LogP contribution in [0.4, 0.5) is 0 Å². The van der Waals surface area contributed by atoms with Gasteiger partial charge in [0.05, 0.1) is 11.0 Å². The van der Waals surface area contributed by atoms with E-state index in [-0.39, 0.29) is 36.3 Å². The Bertz CT molecular complexity index is 731. The summed E-state index contributed by atoms with van der Waals surface area (Å²) < 4.78 is 30.7. The second-order valence-corrected chi connectivity index (χ2v) is 7.73. The molecule has 138 valence electrons. The molecule has 2 atom stereocenters. The van der Waals surface area contributed by atoms with Crippen LogP contribution in [-0.2, 0) is 30.8 Å². The second-order valence-electron chi connectivity index (χ2n) is 5.85. The van der Waals surface area contributed by atoms with E-state index in [0.717, 1.165) is 5.56 Å². The number of methoxy groups -OCH3 is 1. The average molecular weight is 370 g/mol. The van der Waals surface area contributed by atoms with Crippen LogP contribution in [0.5, 0.6) is 0 Å². The number of carboxylic acid groups (broad SMARTS) is 1. The number of sulfonamides is 1. The van der Waals surface area contributed by atoms with E-state index in [4.69, 9.17) is 4.74 Å². The highest BCUT2D eigenvalue weighted by atomic mass is 32.2. The number of aryl methyl sites for hydroxylation is 1. The van der Waals surface area contributed by atoms with Crippen LogP contribution in [0.3, 0.4) is 0 Å². The van der Waals surface area contributed by atoms with E-state index in [1.165, 1.54) is 31.2 Å². The number of carboxylic acids is 1. The maximum atomic E-state index is 12.4. The van der Waals surface area contributed by atoms with Crippen LogP contribution in [-0.4, -0.2) is 63.1 Å². The van der Waals surface area contributed by atoms with Gasteiger partial charge in [-0.3, -0.25) is 4.79 Å². The molecule has 0 aliphatic carbocycles. The van der Waals surface area contributed by atoms with Gasteiger partial charge in [-0.15, -0.1) is 0 Å². The quantitative estimate of drug-likeness (QED) is 0.710. The van der Waals surface area contributed by atoms with Crippen LogP contribution in [0.1, 0.15) is 18.4 Å². The summed E-state index contributed by atoms with van der Waals surface area (Å²) in [5, 5.41) is 9.25. The number of carbonyl (C=O) groups excluding carboxylic acids is 1. The predicted molar refractivity (Wildman–Crippen MR) is 89.6 cm³/mol. The lowest BCUT2D eigenvalue weighted by Gasteiger charge is -2.21. The smallest absolute Gasteiger partial charge is 0.326 e. The van der Waals surface area contributed by atoms with Gasteiger partial charge in [-0.05, 0) is 31.2 Å². The molecule has 0 aromatic heterocycles. The number of hydrogen-bond acceptors (Lipinski definition) is 5. The minimum absolute atomic E-state index is 0.151. The summed E-state index contributed by atoms with van der Waals surface area (Å²) in [6.07, 6.45) is 0.571. The van der Waals surface area contributed by atoms with Crippen molar-refractivity contribution < 1.29 is 27.9 Å². The van der Waals surface area contributed by atoms with Crippen molar-refractivity contribution in [2.45, 2.75) is 36.3 Å². The molecule has 0 bridgehead atoms. The summed E-state index contributed by atoms with van der Waals surface area (Å²) in [4.78, 5) is 25.2. The third kappa shape index (κ3) is 4.56. The zero-order chi connectivity index (χ0) is 18.6. The van der Waals surface area contributed by atoms with E-state index >= 15 is 0 Å². The first kappa shape index (κ1) is 19.4. The lowest BCUT2D eigenvalue weighted by Crippen LogP contribution is -2.40. The molecule has 1 amide bonds. The number of benzene rings is 1.